The molecule has 2 aromatic heterocycles. The van der Waals surface area contributed by atoms with Gasteiger partial charge in [0.2, 0.25) is 5.95 Å². The Morgan fingerprint density at radius 3 is 2.60 bits per heavy atom. The third-order valence-electron chi connectivity index (χ3n) is 5.65. The molecule has 0 unspecified atom stereocenters. The molecule has 1 aliphatic heterocycles. The highest BCUT2D eigenvalue weighted by molar-refractivity contribution is 5.63. The number of hydrogen-bond donors (Lipinski definition) is 1. The molecule has 1 N–H and O–H groups in total. The van der Waals surface area contributed by atoms with Crippen molar-refractivity contribution in [2.24, 2.45) is 0 Å². The molecule has 158 valence electrons. The van der Waals surface area contributed by atoms with E-state index in [1.807, 2.05) is 17.8 Å². The first-order valence-corrected chi connectivity index (χ1v) is 10.3. The fraction of sp³-hybridized carbons (Fsp3) is 0.455. The van der Waals surface area contributed by atoms with Crippen LogP contribution in [-0.4, -0.2) is 38.1 Å². The Balaban J connectivity index is 1.52. The van der Waals surface area contributed by atoms with Crippen molar-refractivity contribution in [3.05, 3.63) is 53.7 Å². The quantitative estimate of drug-likeness (QED) is 0.689. The lowest BCUT2D eigenvalue weighted by Gasteiger charge is -2.31. The molecule has 0 atom stereocenters. The van der Waals surface area contributed by atoms with Crippen molar-refractivity contribution in [3.63, 3.8) is 0 Å². The molecular weight excluding hydrogens is 381 g/mol. The van der Waals surface area contributed by atoms with Crippen LogP contribution in [0.25, 0.3) is 0 Å². The zero-order valence-electron chi connectivity index (χ0n) is 17.9. The molecule has 3 heterocycles. The number of piperidine rings is 1. The molecule has 0 aliphatic carbocycles. The first kappa shape index (κ1) is 20.3. The molecule has 0 bridgehead atoms. The topological polar surface area (TPSA) is 71.8 Å². The summed E-state index contributed by atoms with van der Waals surface area (Å²) in [5, 5.41) is 11.2. The van der Waals surface area contributed by atoms with Gasteiger partial charge >= 0.3 is 0 Å². The summed E-state index contributed by atoms with van der Waals surface area (Å²) in [4.78, 5) is 10.8. The second-order valence-electron chi connectivity index (χ2n) is 8.87. The molecule has 1 aliphatic rings. The maximum Gasteiger partial charge on any atom is 0.227 e. The Bertz CT molecular complexity index is 1000. The number of anilines is 3. The summed E-state index contributed by atoms with van der Waals surface area (Å²) in [6, 6.07) is 6.56. The smallest absolute Gasteiger partial charge is 0.227 e. The summed E-state index contributed by atoms with van der Waals surface area (Å²) in [6.45, 7) is 10.1. The summed E-state index contributed by atoms with van der Waals surface area (Å²) >= 11 is 0. The van der Waals surface area contributed by atoms with E-state index in [0.717, 1.165) is 37.2 Å². The summed E-state index contributed by atoms with van der Waals surface area (Å²) in [5.74, 6) is 0.282. The normalized spacial score (nSPS) is 15.4. The summed E-state index contributed by atoms with van der Waals surface area (Å²) < 4.78 is 16.4. The highest BCUT2D eigenvalue weighted by Gasteiger charge is 2.23. The maximum absolute atomic E-state index is 14.5. The zero-order valence-corrected chi connectivity index (χ0v) is 17.9. The second kappa shape index (κ2) is 8.01. The third-order valence-corrected chi connectivity index (χ3v) is 5.65. The lowest BCUT2D eigenvalue weighted by atomic mass is 9.86. The van der Waals surface area contributed by atoms with Crippen molar-refractivity contribution >= 4 is 17.5 Å². The number of nitrogens with one attached hydrogen (secondary N) is 1. The van der Waals surface area contributed by atoms with Crippen LogP contribution in [0.1, 0.15) is 50.8 Å². The van der Waals surface area contributed by atoms with Crippen LogP contribution in [0.15, 0.2) is 36.8 Å². The molecule has 1 fully saturated rings. The van der Waals surface area contributed by atoms with Crippen LogP contribution in [-0.2, 0) is 5.41 Å². The number of nitrogens with zero attached hydrogens (tertiary/aromatic N) is 6. The van der Waals surface area contributed by atoms with Crippen LogP contribution in [0, 0.1) is 12.7 Å². The number of rotatable bonds is 4. The number of benzene rings is 1. The minimum absolute atomic E-state index is 0.00788. The molecule has 1 saturated heterocycles. The van der Waals surface area contributed by atoms with Gasteiger partial charge in [0.25, 0.3) is 0 Å². The van der Waals surface area contributed by atoms with Gasteiger partial charge < -0.3 is 10.2 Å². The van der Waals surface area contributed by atoms with E-state index in [2.05, 4.69) is 69.5 Å². The number of aromatic nitrogens is 5. The van der Waals surface area contributed by atoms with Crippen molar-refractivity contribution in [1.29, 1.82) is 0 Å². The van der Waals surface area contributed by atoms with Crippen LogP contribution < -0.4 is 10.2 Å². The van der Waals surface area contributed by atoms with Gasteiger partial charge in [-0.2, -0.15) is 4.98 Å². The van der Waals surface area contributed by atoms with Gasteiger partial charge in [0, 0.05) is 25.0 Å². The van der Waals surface area contributed by atoms with Gasteiger partial charge in [0.15, 0.2) is 11.6 Å². The van der Waals surface area contributed by atoms with Gasteiger partial charge in [-0.3, -0.25) is 0 Å². The average molecular weight is 410 g/mol. The SMILES string of the molecule is Cc1ccc(C(C)(C)C)cc1Nc1nc(N2CCC(n3ccnn3)CC2)ncc1F. The molecule has 0 amide bonds. The number of halogens is 1. The van der Waals surface area contributed by atoms with E-state index in [0.29, 0.717) is 12.0 Å². The highest BCUT2D eigenvalue weighted by Crippen LogP contribution is 2.30. The van der Waals surface area contributed by atoms with Gasteiger partial charge in [-0.25, -0.2) is 14.1 Å². The van der Waals surface area contributed by atoms with Crippen molar-refractivity contribution < 1.29 is 4.39 Å². The van der Waals surface area contributed by atoms with E-state index in [-0.39, 0.29) is 11.2 Å². The van der Waals surface area contributed by atoms with Crippen LogP contribution in [0.4, 0.5) is 21.8 Å². The van der Waals surface area contributed by atoms with Crippen molar-refractivity contribution in [3.8, 4) is 0 Å². The molecule has 7 nitrogen and oxygen atoms in total. The number of aryl methyl sites for hydroxylation is 1. The Morgan fingerprint density at radius 2 is 1.93 bits per heavy atom. The van der Waals surface area contributed by atoms with Crippen molar-refractivity contribution in [2.45, 2.75) is 52.0 Å². The summed E-state index contributed by atoms with van der Waals surface area (Å²) in [5.41, 5.74) is 3.08. The van der Waals surface area contributed by atoms with E-state index in [4.69, 9.17) is 0 Å². The predicted octanol–water partition coefficient (Wildman–Crippen LogP) is 4.40. The standard InChI is InChI=1S/C22H28FN7/c1-15-5-6-16(22(2,3)4)13-19(15)26-20-18(23)14-24-21(27-20)29-10-7-17(8-11-29)30-12-9-25-28-30/h5-6,9,12-14,17H,7-8,10-11H2,1-4H3,(H,24,26,27). The fourth-order valence-electron chi connectivity index (χ4n) is 3.69. The van der Waals surface area contributed by atoms with E-state index >= 15 is 0 Å². The Morgan fingerprint density at radius 1 is 1.17 bits per heavy atom. The van der Waals surface area contributed by atoms with Gasteiger partial charge in [0.05, 0.1) is 18.4 Å². The van der Waals surface area contributed by atoms with Crippen LogP contribution in [0.5, 0.6) is 0 Å². The molecule has 3 aromatic rings. The Hall–Kier alpha value is -3.03. The lowest BCUT2D eigenvalue weighted by Crippen LogP contribution is -2.36. The van der Waals surface area contributed by atoms with Gasteiger partial charge in [-0.05, 0) is 42.4 Å². The Labute approximate surface area is 176 Å². The minimum Gasteiger partial charge on any atom is -0.341 e. The molecule has 1 aromatic carbocycles. The average Bonchev–Trinajstić information content (AvgIpc) is 3.25. The summed E-state index contributed by atoms with van der Waals surface area (Å²) in [6.07, 6.45) is 6.67. The van der Waals surface area contributed by atoms with E-state index in [1.54, 1.807) is 6.20 Å². The second-order valence-corrected chi connectivity index (χ2v) is 8.87. The van der Waals surface area contributed by atoms with Gasteiger partial charge in [-0.1, -0.05) is 38.1 Å². The van der Waals surface area contributed by atoms with Crippen LogP contribution >= 0.6 is 0 Å². The first-order valence-electron chi connectivity index (χ1n) is 10.3. The molecular formula is C22H28FN7. The fourth-order valence-corrected chi connectivity index (χ4v) is 3.69. The predicted molar refractivity (Wildman–Crippen MR) is 116 cm³/mol. The highest BCUT2D eigenvalue weighted by atomic mass is 19.1. The largest absolute Gasteiger partial charge is 0.341 e. The van der Waals surface area contributed by atoms with Gasteiger partial charge in [-0.15, -0.1) is 5.10 Å². The van der Waals surface area contributed by atoms with E-state index in [9.17, 15) is 4.39 Å². The summed E-state index contributed by atoms with van der Waals surface area (Å²) in [7, 11) is 0. The lowest BCUT2D eigenvalue weighted by molar-refractivity contribution is 0.358. The first-order chi connectivity index (χ1) is 14.3. The molecule has 0 radical (unpaired) electrons. The molecule has 30 heavy (non-hydrogen) atoms. The molecule has 0 saturated carbocycles. The number of hydrogen-bond acceptors (Lipinski definition) is 6. The zero-order chi connectivity index (χ0) is 21.3. The van der Waals surface area contributed by atoms with E-state index in [1.165, 1.54) is 11.8 Å². The Kier molecular flexibility index (Phi) is 5.40. The third kappa shape index (κ3) is 4.27. The maximum atomic E-state index is 14.5. The molecule has 8 heteroatoms. The van der Waals surface area contributed by atoms with Crippen LogP contribution in [0.2, 0.25) is 0 Å². The molecule has 4 rings (SSSR count). The van der Waals surface area contributed by atoms with Gasteiger partial charge in [0.1, 0.15) is 0 Å². The van der Waals surface area contributed by atoms with Crippen molar-refractivity contribution in [2.75, 3.05) is 23.3 Å². The van der Waals surface area contributed by atoms with Crippen LogP contribution in [0.3, 0.4) is 0 Å². The minimum atomic E-state index is -0.461. The molecule has 0 spiro atoms. The van der Waals surface area contributed by atoms with E-state index < -0.39 is 5.82 Å². The van der Waals surface area contributed by atoms with Crippen molar-refractivity contribution in [1.82, 2.24) is 25.0 Å². The monoisotopic (exact) mass is 409 g/mol.